The lowest BCUT2D eigenvalue weighted by molar-refractivity contribution is -0.112. The zero-order valence-electron chi connectivity index (χ0n) is 11.4. The van der Waals surface area contributed by atoms with Crippen LogP contribution in [0.25, 0.3) is 0 Å². The second-order valence-corrected chi connectivity index (χ2v) is 5.57. The Bertz CT molecular complexity index is 382. The van der Waals surface area contributed by atoms with Crippen LogP contribution < -0.4 is 4.74 Å². The lowest BCUT2D eigenvalue weighted by atomic mass is 9.86. The molecule has 18 heavy (non-hydrogen) atoms. The predicted octanol–water partition coefficient (Wildman–Crippen LogP) is 4.37. The van der Waals surface area contributed by atoms with E-state index >= 15 is 0 Å². The third-order valence-electron chi connectivity index (χ3n) is 2.87. The van der Waals surface area contributed by atoms with Crippen LogP contribution in [0.3, 0.4) is 0 Å². The van der Waals surface area contributed by atoms with Gasteiger partial charge in [0.2, 0.25) is 5.24 Å². The van der Waals surface area contributed by atoms with Gasteiger partial charge in [-0.25, -0.2) is 0 Å². The van der Waals surface area contributed by atoms with Gasteiger partial charge in [0.1, 0.15) is 5.75 Å². The molecule has 0 aliphatic heterocycles. The van der Waals surface area contributed by atoms with Gasteiger partial charge in [-0.3, -0.25) is 4.79 Å². The second-order valence-electron chi connectivity index (χ2n) is 5.15. The van der Waals surface area contributed by atoms with Crippen molar-refractivity contribution in [3.63, 3.8) is 0 Å². The third kappa shape index (κ3) is 4.69. The molecule has 0 saturated heterocycles. The zero-order valence-corrected chi connectivity index (χ0v) is 12.2. The van der Waals surface area contributed by atoms with E-state index in [2.05, 4.69) is 13.8 Å². The maximum atomic E-state index is 11.1. The van der Waals surface area contributed by atoms with Crippen molar-refractivity contribution in [2.24, 2.45) is 5.92 Å². The standard InChI is InChI=1S/C15H21ClO2/c1-10(2)14(9-15(16)17)12-5-7-13(8-6-12)18-11(3)4/h5-8,10-11,14H,9H2,1-4H3. The molecule has 1 rings (SSSR count). The van der Waals surface area contributed by atoms with Crippen LogP contribution in [0.4, 0.5) is 0 Å². The van der Waals surface area contributed by atoms with Crippen molar-refractivity contribution in [3.8, 4) is 5.75 Å². The highest BCUT2D eigenvalue weighted by Gasteiger charge is 2.18. The van der Waals surface area contributed by atoms with Gasteiger partial charge in [-0.15, -0.1) is 0 Å². The molecule has 1 atom stereocenters. The summed E-state index contributed by atoms with van der Waals surface area (Å²) in [6, 6.07) is 7.93. The van der Waals surface area contributed by atoms with Gasteiger partial charge in [0.05, 0.1) is 6.10 Å². The lowest BCUT2D eigenvalue weighted by Gasteiger charge is -2.20. The summed E-state index contributed by atoms with van der Waals surface area (Å²) in [4.78, 5) is 11.1. The number of carbonyl (C=O) groups is 1. The Balaban J connectivity index is 2.83. The van der Waals surface area contributed by atoms with E-state index in [-0.39, 0.29) is 17.3 Å². The summed E-state index contributed by atoms with van der Waals surface area (Å²) in [5, 5.41) is -0.281. The van der Waals surface area contributed by atoms with Gasteiger partial charge in [0.25, 0.3) is 0 Å². The molecule has 0 bridgehead atoms. The minimum absolute atomic E-state index is 0.168. The summed E-state index contributed by atoms with van der Waals surface area (Å²) in [7, 11) is 0. The second kappa shape index (κ2) is 6.79. The Morgan fingerprint density at radius 1 is 1.17 bits per heavy atom. The van der Waals surface area contributed by atoms with Crippen LogP contribution in [0.2, 0.25) is 0 Å². The molecule has 3 heteroatoms. The minimum atomic E-state index is -0.281. The first-order valence-electron chi connectivity index (χ1n) is 6.35. The molecule has 0 amide bonds. The molecule has 0 aromatic heterocycles. The first kappa shape index (κ1) is 15.0. The number of benzene rings is 1. The Labute approximate surface area is 114 Å². The molecule has 0 heterocycles. The van der Waals surface area contributed by atoms with Gasteiger partial charge in [-0.1, -0.05) is 26.0 Å². The molecule has 0 N–H and O–H groups in total. The van der Waals surface area contributed by atoms with E-state index in [0.717, 1.165) is 11.3 Å². The van der Waals surface area contributed by atoms with Crippen molar-refractivity contribution < 1.29 is 9.53 Å². The fraction of sp³-hybridized carbons (Fsp3) is 0.533. The first-order valence-corrected chi connectivity index (χ1v) is 6.73. The largest absolute Gasteiger partial charge is 0.491 e. The van der Waals surface area contributed by atoms with Crippen molar-refractivity contribution >= 4 is 16.8 Å². The predicted molar refractivity (Wildman–Crippen MR) is 75.3 cm³/mol. The molecule has 1 aromatic rings. The van der Waals surface area contributed by atoms with Crippen LogP contribution in [0, 0.1) is 5.92 Å². The van der Waals surface area contributed by atoms with Gasteiger partial charge < -0.3 is 4.74 Å². The first-order chi connectivity index (χ1) is 8.40. The molecule has 0 saturated carbocycles. The number of hydrogen-bond donors (Lipinski definition) is 0. The maximum Gasteiger partial charge on any atom is 0.222 e. The zero-order chi connectivity index (χ0) is 13.7. The molecule has 1 unspecified atom stereocenters. The van der Waals surface area contributed by atoms with E-state index < -0.39 is 0 Å². The molecule has 0 spiro atoms. The Hall–Kier alpha value is -1.02. The highest BCUT2D eigenvalue weighted by Crippen LogP contribution is 2.30. The summed E-state index contributed by atoms with van der Waals surface area (Å²) in [6.45, 7) is 8.19. The maximum absolute atomic E-state index is 11.1. The summed E-state index contributed by atoms with van der Waals surface area (Å²) in [6.07, 6.45) is 0.546. The minimum Gasteiger partial charge on any atom is -0.491 e. The Morgan fingerprint density at radius 2 is 1.72 bits per heavy atom. The Kier molecular flexibility index (Phi) is 5.67. The summed E-state index contributed by atoms with van der Waals surface area (Å²) in [5.74, 6) is 1.40. The molecule has 2 nitrogen and oxygen atoms in total. The quantitative estimate of drug-likeness (QED) is 0.716. The van der Waals surface area contributed by atoms with E-state index in [9.17, 15) is 4.79 Å². The van der Waals surface area contributed by atoms with E-state index in [0.29, 0.717) is 12.3 Å². The van der Waals surface area contributed by atoms with Crippen LogP contribution in [0.1, 0.15) is 45.6 Å². The molecular weight excluding hydrogens is 248 g/mol. The van der Waals surface area contributed by atoms with Crippen molar-refractivity contribution in [3.05, 3.63) is 29.8 Å². The van der Waals surface area contributed by atoms with Gasteiger partial charge in [-0.05, 0) is 55.0 Å². The summed E-state index contributed by atoms with van der Waals surface area (Å²) in [5.41, 5.74) is 1.13. The van der Waals surface area contributed by atoms with Crippen LogP contribution in [0.5, 0.6) is 5.75 Å². The number of ether oxygens (including phenoxy) is 1. The van der Waals surface area contributed by atoms with Crippen LogP contribution in [0.15, 0.2) is 24.3 Å². The smallest absolute Gasteiger partial charge is 0.222 e. The number of hydrogen-bond acceptors (Lipinski definition) is 2. The monoisotopic (exact) mass is 268 g/mol. The topological polar surface area (TPSA) is 26.3 Å². The van der Waals surface area contributed by atoms with Crippen LogP contribution in [-0.2, 0) is 4.79 Å². The average Bonchev–Trinajstić information content (AvgIpc) is 2.26. The third-order valence-corrected chi connectivity index (χ3v) is 3.02. The molecule has 100 valence electrons. The fourth-order valence-electron chi connectivity index (χ4n) is 1.98. The summed E-state index contributed by atoms with van der Waals surface area (Å²) < 4.78 is 5.60. The number of rotatable bonds is 6. The van der Waals surface area contributed by atoms with Gasteiger partial charge in [0, 0.05) is 6.42 Å². The van der Waals surface area contributed by atoms with E-state index in [1.54, 1.807) is 0 Å². The van der Waals surface area contributed by atoms with Gasteiger partial charge in [-0.2, -0.15) is 0 Å². The van der Waals surface area contributed by atoms with Crippen molar-refractivity contribution in [1.82, 2.24) is 0 Å². The molecule has 0 aliphatic carbocycles. The fourth-order valence-corrected chi connectivity index (χ4v) is 2.14. The van der Waals surface area contributed by atoms with Crippen molar-refractivity contribution in [2.45, 2.75) is 46.1 Å². The normalized spacial score (nSPS) is 12.8. The van der Waals surface area contributed by atoms with E-state index in [1.165, 1.54) is 0 Å². The molecular formula is C15H21ClO2. The molecule has 0 aliphatic rings. The number of halogens is 1. The van der Waals surface area contributed by atoms with E-state index in [1.807, 2.05) is 38.1 Å². The summed E-state index contributed by atoms with van der Waals surface area (Å²) >= 11 is 5.50. The molecule has 0 radical (unpaired) electrons. The van der Waals surface area contributed by atoms with Gasteiger partial charge in [0.15, 0.2) is 0 Å². The highest BCUT2D eigenvalue weighted by atomic mass is 35.5. The molecule has 1 aromatic carbocycles. The van der Waals surface area contributed by atoms with Gasteiger partial charge >= 0.3 is 0 Å². The highest BCUT2D eigenvalue weighted by molar-refractivity contribution is 6.63. The Morgan fingerprint density at radius 3 is 2.11 bits per heavy atom. The van der Waals surface area contributed by atoms with Crippen LogP contribution in [-0.4, -0.2) is 11.3 Å². The SMILES string of the molecule is CC(C)Oc1ccc(C(CC(=O)Cl)C(C)C)cc1. The van der Waals surface area contributed by atoms with Crippen molar-refractivity contribution in [2.75, 3.05) is 0 Å². The lowest BCUT2D eigenvalue weighted by Crippen LogP contribution is -2.10. The molecule has 0 fully saturated rings. The van der Waals surface area contributed by atoms with Crippen LogP contribution >= 0.6 is 11.6 Å². The number of carbonyl (C=O) groups excluding carboxylic acids is 1. The van der Waals surface area contributed by atoms with Crippen molar-refractivity contribution in [1.29, 1.82) is 0 Å². The van der Waals surface area contributed by atoms with E-state index in [4.69, 9.17) is 16.3 Å². The average molecular weight is 269 g/mol.